The topological polar surface area (TPSA) is 83.5 Å². The van der Waals surface area contributed by atoms with Crippen molar-refractivity contribution < 1.29 is 18.0 Å². The highest BCUT2D eigenvalue weighted by Crippen LogP contribution is 2.36. The summed E-state index contributed by atoms with van der Waals surface area (Å²) >= 11 is 1.55. The molecule has 0 aromatic heterocycles. The molecule has 0 unspecified atom stereocenters. The number of carbonyl (C=O) groups is 2. The van der Waals surface area contributed by atoms with Gasteiger partial charge in [0.1, 0.15) is 0 Å². The van der Waals surface area contributed by atoms with Crippen LogP contribution in [0.3, 0.4) is 0 Å². The van der Waals surface area contributed by atoms with Crippen molar-refractivity contribution in [3.63, 3.8) is 0 Å². The van der Waals surface area contributed by atoms with Crippen LogP contribution in [0.15, 0.2) is 52.3 Å². The summed E-state index contributed by atoms with van der Waals surface area (Å²) in [5.74, 6) is -0.523. The highest BCUT2D eigenvalue weighted by Gasteiger charge is 2.25. The van der Waals surface area contributed by atoms with Crippen LogP contribution in [-0.2, 0) is 32.4 Å². The minimum absolute atomic E-state index is 0.0558. The number of rotatable bonds is 4. The molecule has 4 rings (SSSR count). The molecular weight excluding hydrogens is 420 g/mol. The number of hydrogen-bond donors (Lipinski definition) is 1. The second-order valence-corrected chi connectivity index (χ2v) is 11.3. The van der Waals surface area contributed by atoms with E-state index in [1.165, 1.54) is 11.6 Å². The normalized spacial score (nSPS) is 18.8. The fourth-order valence-corrected chi connectivity index (χ4v) is 6.13. The van der Waals surface area contributed by atoms with E-state index in [4.69, 9.17) is 0 Å². The molecule has 2 aromatic rings. The molecule has 158 valence electrons. The molecule has 0 spiro atoms. The third-order valence-corrected chi connectivity index (χ3v) is 8.35. The van der Waals surface area contributed by atoms with Gasteiger partial charge in [-0.3, -0.25) is 9.59 Å². The Morgan fingerprint density at radius 1 is 1.20 bits per heavy atom. The Bertz CT molecular complexity index is 1100. The minimum Gasteiger partial charge on any atom is -0.338 e. The van der Waals surface area contributed by atoms with Crippen molar-refractivity contribution in [3.05, 3.63) is 53.6 Å². The lowest BCUT2D eigenvalue weighted by Gasteiger charge is -2.29. The zero-order chi connectivity index (χ0) is 21.3. The maximum Gasteiger partial charge on any atom is 0.225 e. The molecule has 1 N–H and O–H groups in total. The number of fused-ring (bicyclic) bond motifs is 2. The van der Waals surface area contributed by atoms with E-state index in [1.807, 2.05) is 25.1 Å². The first-order valence-electron chi connectivity index (χ1n) is 10.00. The molecule has 0 saturated heterocycles. The molecule has 0 radical (unpaired) electrons. The molecule has 2 aromatic carbocycles. The van der Waals surface area contributed by atoms with E-state index in [9.17, 15) is 18.0 Å². The van der Waals surface area contributed by atoms with Gasteiger partial charge in [-0.2, -0.15) is 0 Å². The molecule has 2 aliphatic heterocycles. The van der Waals surface area contributed by atoms with Crippen LogP contribution in [0.5, 0.6) is 0 Å². The lowest BCUT2D eigenvalue weighted by atomic mass is 10.00. The number of nitrogens with zero attached hydrogens (tertiary/aromatic N) is 1. The Morgan fingerprint density at radius 3 is 2.77 bits per heavy atom. The van der Waals surface area contributed by atoms with Crippen molar-refractivity contribution >= 4 is 39.1 Å². The fraction of sp³-hybridized carbons (Fsp3) is 0.364. The molecule has 2 amide bonds. The quantitative estimate of drug-likeness (QED) is 0.783. The van der Waals surface area contributed by atoms with Crippen LogP contribution in [0.25, 0.3) is 0 Å². The van der Waals surface area contributed by atoms with Crippen molar-refractivity contribution in [2.24, 2.45) is 0 Å². The Hall–Kier alpha value is -2.32. The van der Waals surface area contributed by atoms with Gasteiger partial charge in [0.05, 0.1) is 16.3 Å². The van der Waals surface area contributed by atoms with Gasteiger partial charge in [-0.1, -0.05) is 31.2 Å². The van der Waals surface area contributed by atoms with E-state index < -0.39 is 9.84 Å². The minimum atomic E-state index is -3.64. The Morgan fingerprint density at radius 2 is 1.97 bits per heavy atom. The Kier molecular flexibility index (Phi) is 5.88. The predicted molar refractivity (Wildman–Crippen MR) is 117 cm³/mol. The van der Waals surface area contributed by atoms with Crippen molar-refractivity contribution in [1.29, 1.82) is 0 Å². The molecule has 2 heterocycles. The third kappa shape index (κ3) is 4.54. The van der Waals surface area contributed by atoms with E-state index >= 15 is 0 Å². The van der Waals surface area contributed by atoms with Gasteiger partial charge in [0.15, 0.2) is 9.84 Å². The smallest absolute Gasteiger partial charge is 0.225 e. The number of anilines is 1. The van der Waals surface area contributed by atoms with Crippen LogP contribution in [0.4, 0.5) is 5.69 Å². The molecule has 1 atom stereocenters. The van der Waals surface area contributed by atoms with Gasteiger partial charge >= 0.3 is 0 Å². The van der Waals surface area contributed by atoms with Gasteiger partial charge < -0.3 is 10.2 Å². The lowest BCUT2D eigenvalue weighted by Crippen LogP contribution is -2.36. The van der Waals surface area contributed by atoms with Crippen LogP contribution in [-0.4, -0.2) is 42.7 Å². The van der Waals surface area contributed by atoms with E-state index in [-0.39, 0.29) is 34.1 Å². The molecule has 0 aliphatic carbocycles. The zero-order valence-electron chi connectivity index (χ0n) is 16.8. The van der Waals surface area contributed by atoms with Crippen LogP contribution in [0, 0.1) is 0 Å². The van der Waals surface area contributed by atoms with Gasteiger partial charge in [-0.05, 0) is 35.7 Å². The Balaban J connectivity index is 1.44. The average Bonchev–Trinajstić information content (AvgIpc) is 2.87. The molecule has 2 aliphatic rings. The number of sulfone groups is 1. The summed E-state index contributed by atoms with van der Waals surface area (Å²) in [5.41, 5.74) is 2.89. The predicted octanol–water partition coefficient (Wildman–Crippen LogP) is 3.26. The van der Waals surface area contributed by atoms with Gasteiger partial charge in [-0.15, -0.1) is 11.8 Å². The van der Waals surface area contributed by atoms with E-state index in [0.29, 0.717) is 25.2 Å². The molecular formula is C22H24N2O4S2. The zero-order valence-corrected chi connectivity index (χ0v) is 18.4. The average molecular weight is 445 g/mol. The second-order valence-electron chi connectivity index (χ2n) is 7.74. The van der Waals surface area contributed by atoms with E-state index in [1.54, 1.807) is 28.8 Å². The largest absolute Gasteiger partial charge is 0.338 e. The van der Waals surface area contributed by atoms with Crippen LogP contribution >= 0.6 is 11.8 Å². The summed E-state index contributed by atoms with van der Waals surface area (Å²) in [4.78, 5) is 27.3. The summed E-state index contributed by atoms with van der Waals surface area (Å²) in [5, 5.41) is 2.92. The first-order chi connectivity index (χ1) is 14.3. The Labute approximate surface area is 181 Å². The van der Waals surface area contributed by atoms with E-state index in [0.717, 1.165) is 16.9 Å². The van der Waals surface area contributed by atoms with E-state index in [2.05, 4.69) is 11.4 Å². The highest BCUT2D eigenvalue weighted by atomic mass is 32.2. The fourth-order valence-electron chi connectivity index (χ4n) is 3.83. The summed E-state index contributed by atoms with van der Waals surface area (Å²) in [6.45, 7) is 3.10. The van der Waals surface area contributed by atoms with Gasteiger partial charge in [0, 0.05) is 36.1 Å². The van der Waals surface area contributed by atoms with Crippen molar-refractivity contribution in [3.8, 4) is 0 Å². The first-order valence-corrected chi connectivity index (χ1v) is 12.5. The lowest BCUT2D eigenvalue weighted by molar-refractivity contribution is -0.131. The van der Waals surface area contributed by atoms with Gasteiger partial charge in [-0.25, -0.2) is 8.42 Å². The molecule has 0 bridgehead atoms. The van der Waals surface area contributed by atoms with Crippen LogP contribution < -0.4 is 5.32 Å². The standard InChI is InChI=1S/C22H24N2O4S2/c1-15-12-21(25)23-19-13-18(6-7-20(19)29-15)30(27,28)11-9-22(26)24-10-8-16-4-2-3-5-17(16)14-24/h2-7,13,15H,8-12,14H2,1H3,(H,23,25)/t15-/m1/s1. The number of amides is 2. The number of benzene rings is 2. The monoisotopic (exact) mass is 444 g/mol. The van der Waals surface area contributed by atoms with Crippen LogP contribution in [0.2, 0.25) is 0 Å². The van der Waals surface area contributed by atoms with Gasteiger partial charge in [0.2, 0.25) is 11.8 Å². The SMILES string of the molecule is C[C@@H]1CC(=O)Nc2cc(S(=O)(=O)CCC(=O)N3CCc4ccccc4C3)ccc2S1. The maximum absolute atomic E-state index is 12.8. The van der Waals surface area contributed by atoms with Gasteiger partial charge in [0.25, 0.3) is 0 Å². The highest BCUT2D eigenvalue weighted by molar-refractivity contribution is 8.00. The second kappa shape index (κ2) is 8.43. The number of carbonyl (C=O) groups excluding carboxylic acids is 2. The number of thioether (sulfide) groups is 1. The van der Waals surface area contributed by atoms with Crippen LogP contribution in [0.1, 0.15) is 30.9 Å². The summed E-state index contributed by atoms with van der Waals surface area (Å²) in [6, 6.07) is 12.8. The number of hydrogen-bond acceptors (Lipinski definition) is 5. The summed E-state index contributed by atoms with van der Waals surface area (Å²) in [7, 11) is -3.64. The maximum atomic E-state index is 12.8. The molecule has 0 saturated carbocycles. The van der Waals surface area contributed by atoms with Crippen molar-refractivity contribution in [2.75, 3.05) is 17.6 Å². The van der Waals surface area contributed by atoms with Crippen molar-refractivity contribution in [1.82, 2.24) is 4.90 Å². The molecule has 8 heteroatoms. The third-order valence-electron chi connectivity index (χ3n) is 5.45. The number of nitrogens with one attached hydrogen (secondary N) is 1. The van der Waals surface area contributed by atoms with Crippen molar-refractivity contribution in [2.45, 2.75) is 47.8 Å². The molecule has 0 fully saturated rings. The summed E-state index contributed by atoms with van der Waals surface area (Å²) in [6.07, 6.45) is 1.11. The molecule has 30 heavy (non-hydrogen) atoms. The summed E-state index contributed by atoms with van der Waals surface area (Å²) < 4.78 is 25.7. The molecule has 6 nitrogen and oxygen atoms in total. The first kappa shape index (κ1) is 20.9.